The van der Waals surface area contributed by atoms with E-state index in [4.69, 9.17) is 4.74 Å². The van der Waals surface area contributed by atoms with Crippen LogP contribution in [0.15, 0.2) is 24.3 Å². The highest BCUT2D eigenvalue weighted by Gasteiger charge is 2.30. The SMILES string of the molecule is O=C(NCC(O)CN1CCc2ccccc2C1)N1CCC[C@H](C2CCOCC2)C1. The molecular weight excluding hydrogens is 366 g/mol. The molecule has 0 saturated carbocycles. The molecule has 2 fully saturated rings. The van der Waals surface area contributed by atoms with Crippen LogP contribution in [0.25, 0.3) is 0 Å². The Morgan fingerprint density at radius 1 is 1.14 bits per heavy atom. The highest BCUT2D eigenvalue weighted by atomic mass is 16.5. The van der Waals surface area contributed by atoms with Crippen molar-refractivity contribution < 1.29 is 14.6 Å². The highest BCUT2D eigenvalue weighted by molar-refractivity contribution is 5.74. The van der Waals surface area contributed by atoms with Gasteiger partial charge in [0.05, 0.1) is 6.10 Å². The van der Waals surface area contributed by atoms with Crippen molar-refractivity contribution in [1.82, 2.24) is 15.1 Å². The molecule has 1 unspecified atom stereocenters. The van der Waals surface area contributed by atoms with Gasteiger partial charge in [0.1, 0.15) is 0 Å². The Hall–Kier alpha value is -1.63. The number of piperidine rings is 1. The molecule has 6 nitrogen and oxygen atoms in total. The molecule has 0 aliphatic carbocycles. The van der Waals surface area contributed by atoms with Crippen LogP contribution in [0.2, 0.25) is 0 Å². The zero-order valence-electron chi connectivity index (χ0n) is 17.4. The molecular formula is C23H35N3O3. The van der Waals surface area contributed by atoms with Gasteiger partial charge in [-0.25, -0.2) is 4.79 Å². The van der Waals surface area contributed by atoms with Crippen LogP contribution in [-0.2, 0) is 17.7 Å². The third-order valence-electron chi connectivity index (χ3n) is 6.85. The van der Waals surface area contributed by atoms with Crippen LogP contribution in [0, 0.1) is 11.8 Å². The summed E-state index contributed by atoms with van der Waals surface area (Å²) in [4.78, 5) is 16.9. The van der Waals surface area contributed by atoms with E-state index in [9.17, 15) is 9.90 Å². The van der Waals surface area contributed by atoms with Crippen molar-refractivity contribution in [3.05, 3.63) is 35.4 Å². The Balaban J connectivity index is 1.20. The molecule has 6 heteroatoms. The van der Waals surface area contributed by atoms with Gasteiger partial charge in [-0.15, -0.1) is 0 Å². The predicted octanol–water partition coefficient (Wildman–Crippen LogP) is 2.25. The van der Waals surface area contributed by atoms with E-state index in [0.29, 0.717) is 24.9 Å². The number of likely N-dealkylation sites (tertiary alicyclic amines) is 1. The number of carbonyl (C=O) groups excluding carboxylic acids is 1. The van der Waals surface area contributed by atoms with Crippen molar-refractivity contribution >= 4 is 6.03 Å². The van der Waals surface area contributed by atoms with Gasteiger partial charge in [-0.3, -0.25) is 4.90 Å². The molecule has 0 bridgehead atoms. The number of nitrogens with zero attached hydrogens (tertiary/aromatic N) is 2. The molecule has 3 aliphatic rings. The lowest BCUT2D eigenvalue weighted by Crippen LogP contribution is -2.50. The standard InChI is InChI=1S/C23H35N3O3/c27-22(17-25-11-7-18-4-1-2-5-20(18)15-25)14-24-23(28)26-10-3-6-21(16-26)19-8-12-29-13-9-19/h1-2,4-5,19,21-22,27H,3,6-17H2,(H,24,28)/t21-,22?/m0/s1. The number of rotatable bonds is 5. The van der Waals surface area contributed by atoms with Gasteiger partial charge in [-0.2, -0.15) is 0 Å². The Morgan fingerprint density at radius 3 is 2.76 bits per heavy atom. The minimum absolute atomic E-state index is 0.0233. The molecule has 2 amide bonds. The van der Waals surface area contributed by atoms with Crippen molar-refractivity contribution in [3.63, 3.8) is 0 Å². The van der Waals surface area contributed by atoms with Crippen LogP contribution >= 0.6 is 0 Å². The second-order valence-corrected chi connectivity index (χ2v) is 8.89. The van der Waals surface area contributed by atoms with E-state index in [-0.39, 0.29) is 6.03 Å². The first-order valence-electron chi connectivity index (χ1n) is 11.3. The van der Waals surface area contributed by atoms with Gasteiger partial charge in [0.15, 0.2) is 0 Å². The second-order valence-electron chi connectivity index (χ2n) is 8.89. The van der Waals surface area contributed by atoms with E-state index < -0.39 is 6.10 Å². The zero-order chi connectivity index (χ0) is 20.1. The number of benzene rings is 1. The number of aliphatic hydroxyl groups excluding tert-OH is 1. The summed E-state index contributed by atoms with van der Waals surface area (Å²) in [6, 6.07) is 8.50. The van der Waals surface area contributed by atoms with Crippen molar-refractivity contribution in [2.75, 3.05) is 45.9 Å². The lowest BCUT2D eigenvalue weighted by atomic mass is 9.81. The van der Waals surface area contributed by atoms with Crippen LogP contribution in [0.5, 0.6) is 0 Å². The molecule has 0 radical (unpaired) electrons. The Bertz CT molecular complexity index is 677. The van der Waals surface area contributed by atoms with E-state index in [1.165, 1.54) is 17.5 Å². The van der Waals surface area contributed by atoms with Crippen LogP contribution in [0.1, 0.15) is 36.8 Å². The third-order valence-corrected chi connectivity index (χ3v) is 6.85. The average Bonchev–Trinajstić information content (AvgIpc) is 2.78. The summed E-state index contributed by atoms with van der Waals surface area (Å²) in [6.07, 6.45) is 5.02. The maximum atomic E-state index is 12.7. The monoisotopic (exact) mass is 401 g/mol. The van der Waals surface area contributed by atoms with Gasteiger partial charge < -0.3 is 20.1 Å². The Labute approximate surface area is 174 Å². The van der Waals surface area contributed by atoms with Crippen molar-refractivity contribution in [2.45, 2.75) is 44.8 Å². The largest absolute Gasteiger partial charge is 0.390 e. The number of amides is 2. The molecule has 3 heterocycles. The van der Waals surface area contributed by atoms with Gasteiger partial charge in [0, 0.05) is 52.5 Å². The first kappa shape index (κ1) is 20.6. The summed E-state index contributed by atoms with van der Waals surface area (Å²) in [7, 11) is 0. The van der Waals surface area contributed by atoms with Crippen molar-refractivity contribution in [3.8, 4) is 0 Å². The van der Waals surface area contributed by atoms with E-state index in [2.05, 4.69) is 34.5 Å². The van der Waals surface area contributed by atoms with Gasteiger partial charge in [0.2, 0.25) is 0 Å². The second kappa shape index (κ2) is 9.92. The number of hydrogen-bond acceptors (Lipinski definition) is 4. The fraction of sp³-hybridized carbons (Fsp3) is 0.696. The van der Waals surface area contributed by atoms with Gasteiger partial charge in [-0.05, 0) is 55.1 Å². The fourth-order valence-corrected chi connectivity index (χ4v) is 5.16. The third kappa shape index (κ3) is 5.50. The van der Waals surface area contributed by atoms with Crippen LogP contribution in [0.3, 0.4) is 0 Å². The summed E-state index contributed by atoms with van der Waals surface area (Å²) in [5.41, 5.74) is 2.76. The minimum atomic E-state index is -0.541. The summed E-state index contributed by atoms with van der Waals surface area (Å²) in [5.74, 6) is 1.28. The molecule has 2 N–H and O–H groups in total. The minimum Gasteiger partial charge on any atom is -0.390 e. The topological polar surface area (TPSA) is 65.0 Å². The molecule has 0 spiro atoms. The molecule has 1 aromatic rings. The molecule has 1 aromatic carbocycles. The normalized spacial score (nSPS) is 24.7. The Morgan fingerprint density at radius 2 is 1.93 bits per heavy atom. The van der Waals surface area contributed by atoms with E-state index in [1.807, 2.05) is 4.90 Å². The molecule has 4 rings (SSSR count). The van der Waals surface area contributed by atoms with Crippen LogP contribution in [-0.4, -0.2) is 73.0 Å². The first-order chi connectivity index (χ1) is 14.2. The number of urea groups is 1. The lowest BCUT2D eigenvalue weighted by Gasteiger charge is -2.38. The van der Waals surface area contributed by atoms with E-state index in [1.54, 1.807) is 0 Å². The highest BCUT2D eigenvalue weighted by Crippen LogP contribution is 2.30. The van der Waals surface area contributed by atoms with Crippen LogP contribution < -0.4 is 5.32 Å². The number of fused-ring (bicyclic) bond motifs is 1. The number of hydrogen-bond donors (Lipinski definition) is 2. The smallest absolute Gasteiger partial charge is 0.317 e. The first-order valence-corrected chi connectivity index (χ1v) is 11.3. The van der Waals surface area contributed by atoms with Crippen LogP contribution in [0.4, 0.5) is 4.79 Å². The quantitative estimate of drug-likeness (QED) is 0.794. The molecule has 3 aliphatic heterocycles. The summed E-state index contributed by atoms with van der Waals surface area (Å²) >= 11 is 0. The number of β-amino-alcohol motifs (C(OH)–C–C–N with tert-alkyl or cyclic N) is 1. The summed E-state index contributed by atoms with van der Waals surface area (Å²) in [5, 5.41) is 13.4. The van der Waals surface area contributed by atoms with Crippen molar-refractivity contribution in [2.24, 2.45) is 11.8 Å². The maximum Gasteiger partial charge on any atom is 0.317 e. The molecule has 2 atom stereocenters. The number of nitrogens with one attached hydrogen (secondary N) is 1. The zero-order valence-corrected chi connectivity index (χ0v) is 17.4. The van der Waals surface area contributed by atoms with Gasteiger partial charge in [-0.1, -0.05) is 24.3 Å². The number of aliphatic hydroxyl groups is 1. The van der Waals surface area contributed by atoms with E-state index >= 15 is 0 Å². The average molecular weight is 402 g/mol. The fourth-order valence-electron chi connectivity index (χ4n) is 5.16. The van der Waals surface area contributed by atoms with Gasteiger partial charge >= 0.3 is 6.03 Å². The summed E-state index contributed by atoms with van der Waals surface area (Å²) < 4.78 is 5.49. The van der Waals surface area contributed by atoms with Crippen molar-refractivity contribution in [1.29, 1.82) is 0 Å². The molecule has 29 heavy (non-hydrogen) atoms. The summed E-state index contributed by atoms with van der Waals surface area (Å²) in [6.45, 7) is 6.14. The number of ether oxygens (including phenoxy) is 1. The molecule has 160 valence electrons. The van der Waals surface area contributed by atoms with Gasteiger partial charge in [0.25, 0.3) is 0 Å². The molecule has 0 aromatic heterocycles. The Kier molecular flexibility index (Phi) is 7.06. The maximum absolute atomic E-state index is 12.7. The predicted molar refractivity (Wildman–Crippen MR) is 113 cm³/mol. The molecule has 2 saturated heterocycles. The number of carbonyl (C=O) groups is 1. The lowest BCUT2D eigenvalue weighted by molar-refractivity contribution is 0.0311. The van der Waals surface area contributed by atoms with E-state index in [0.717, 1.165) is 65.1 Å².